The fourth-order valence-electron chi connectivity index (χ4n) is 5.15. The summed E-state index contributed by atoms with van der Waals surface area (Å²) in [6.45, 7) is 3.66. The summed E-state index contributed by atoms with van der Waals surface area (Å²) in [6.07, 6.45) is 35.0. The van der Waals surface area contributed by atoms with Crippen LogP contribution in [0.1, 0.15) is 174 Å². The minimum atomic E-state index is -4.37. The predicted octanol–water partition coefficient (Wildman–Crippen LogP) is 10.4. The monoisotopic (exact) mass is 701 g/mol. The van der Waals surface area contributed by atoms with Crippen molar-refractivity contribution >= 4 is 19.8 Å². The molecular weight excluding hydrogens is 629 g/mol. The number of esters is 2. The molecule has 0 aromatic carbocycles. The summed E-state index contributed by atoms with van der Waals surface area (Å²) >= 11 is 0. The van der Waals surface area contributed by atoms with E-state index in [-0.39, 0.29) is 32.6 Å². The van der Waals surface area contributed by atoms with E-state index in [9.17, 15) is 19.0 Å². The topological polar surface area (TPSA) is 134 Å². The van der Waals surface area contributed by atoms with Crippen LogP contribution in [0.5, 0.6) is 0 Å². The molecule has 0 aliphatic rings. The van der Waals surface area contributed by atoms with Gasteiger partial charge in [-0.15, -0.1) is 0 Å². The fraction of sp³-hybridized carbons (Fsp3) is 0.842. The van der Waals surface area contributed by atoms with Crippen LogP contribution in [0.2, 0.25) is 0 Å². The van der Waals surface area contributed by atoms with Gasteiger partial charge >= 0.3 is 19.8 Å². The van der Waals surface area contributed by atoms with E-state index in [1.165, 1.54) is 83.5 Å². The summed E-state index contributed by atoms with van der Waals surface area (Å²) in [5, 5.41) is 0. The molecule has 10 heteroatoms. The van der Waals surface area contributed by atoms with E-state index in [0.717, 1.165) is 57.8 Å². The molecule has 9 nitrogen and oxygen atoms in total. The molecule has 0 aromatic heterocycles. The normalized spacial score (nSPS) is 13.7. The fourth-order valence-corrected chi connectivity index (χ4v) is 5.92. The predicted molar refractivity (Wildman–Crippen MR) is 197 cm³/mol. The Balaban J connectivity index is 4.25. The van der Waals surface area contributed by atoms with E-state index in [1.807, 2.05) is 0 Å². The van der Waals surface area contributed by atoms with Crippen molar-refractivity contribution in [2.24, 2.45) is 5.73 Å². The van der Waals surface area contributed by atoms with E-state index >= 15 is 0 Å². The van der Waals surface area contributed by atoms with Gasteiger partial charge in [0, 0.05) is 19.4 Å². The first kappa shape index (κ1) is 46.5. The summed E-state index contributed by atoms with van der Waals surface area (Å²) in [6, 6.07) is 0. The van der Waals surface area contributed by atoms with Crippen LogP contribution >= 0.6 is 7.82 Å². The molecule has 0 aromatic rings. The van der Waals surface area contributed by atoms with Crippen molar-refractivity contribution in [3.63, 3.8) is 0 Å². The van der Waals surface area contributed by atoms with Gasteiger partial charge in [0.2, 0.25) is 0 Å². The number of carbonyl (C=O) groups is 2. The summed E-state index contributed by atoms with van der Waals surface area (Å²) in [7, 11) is -4.37. The van der Waals surface area contributed by atoms with Gasteiger partial charge in [0.25, 0.3) is 0 Å². The summed E-state index contributed by atoms with van der Waals surface area (Å²) in [5.74, 6) is -0.864. The lowest BCUT2D eigenvalue weighted by Crippen LogP contribution is -2.29. The average Bonchev–Trinajstić information content (AvgIpc) is 3.07. The Kier molecular flexibility index (Phi) is 34.2. The van der Waals surface area contributed by atoms with Gasteiger partial charge in [-0.05, 0) is 64.2 Å². The molecule has 2 atom stereocenters. The lowest BCUT2D eigenvalue weighted by Gasteiger charge is -2.19. The van der Waals surface area contributed by atoms with Gasteiger partial charge in [-0.1, -0.05) is 122 Å². The van der Waals surface area contributed by atoms with Crippen LogP contribution < -0.4 is 5.73 Å². The first-order valence-corrected chi connectivity index (χ1v) is 20.8. The molecule has 0 spiro atoms. The molecule has 0 bridgehead atoms. The number of nitrogens with two attached hydrogens (primary N) is 1. The molecule has 48 heavy (non-hydrogen) atoms. The van der Waals surface area contributed by atoms with Crippen LogP contribution in [0.4, 0.5) is 0 Å². The first-order chi connectivity index (χ1) is 23.3. The third-order valence-electron chi connectivity index (χ3n) is 8.06. The van der Waals surface area contributed by atoms with Crippen LogP contribution in [0.25, 0.3) is 0 Å². The van der Waals surface area contributed by atoms with Crippen LogP contribution in [0.3, 0.4) is 0 Å². The second-order valence-electron chi connectivity index (χ2n) is 12.8. The quantitative estimate of drug-likeness (QED) is 0.0283. The van der Waals surface area contributed by atoms with E-state index < -0.39 is 32.5 Å². The number of rotatable bonds is 36. The smallest absolute Gasteiger partial charge is 0.462 e. The van der Waals surface area contributed by atoms with Crippen LogP contribution in [-0.2, 0) is 32.7 Å². The van der Waals surface area contributed by atoms with Gasteiger partial charge in [0.1, 0.15) is 6.61 Å². The Labute approximate surface area is 293 Å². The highest BCUT2D eigenvalue weighted by Gasteiger charge is 2.25. The molecule has 3 N–H and O–H groups in total. The van der Waals surface area contributed by atoms with Crippen molar-refractivity contribution in [3.05, 3.63) is 24.3 Å². The van der Waals surface area contributed by atoms with Crippen molar-refractivity contribution in [1.82, 2.24) is 0 Å². The van der Waals surface area contributed by atoms with E-state index in [2.05, 4.69) is 38.2 Å². The molecule has 0 saturated carbocycles. The standard InChI is InChI=1S/C38H72NO8P/c1-3-5-7-9-11-13-15-17-18-19-21-23-25-27-29-31-38(41)47-36(35-46-48(42,43)45-33-32-39)34-44-37(40)30-28-26-24-22-20-16-14-12-10-8-6-4-2/h12,14,21,23,36H,3-11,13,15-20,22,24-35,39H2,1-2H3,(H,42,43)/b14-12+,23-21+/t36-/m1/s1. The lowest BCUT2D eigenvalue weighted by molar-refractivity contribution is -0.161. The molecule has 1 unspecified atom stereocenters. The molecule has 0 saturated heterocycles. The van der Waals surface area contributed by atoms with E-state index in [4.69, 9.17) is 24.3 Å². The number of phosphoric acid groups is 1. The summed E-state index contributed by atoms with van der Waals surface area (Å²) < 4.78 is 32.6. The second kappa shape index (κ2) is 35.3. The molecular formula is C38H72NO8P. The van der Waals surface area contributed by atoms with Crippen molar-refractivity contribution < 1.29 is 37.6 Å². The maximum atomic E-state index is 12.5. The Morgan fingerprint density at radius 1 is 0.604 bits per heavy atom. The third kappa shape index (κ3) is 34.4. The molecule has 0 radical (unpaired) electrons. The first-order valence-electron chi connectivity index (χ1n) is 19.3. The molecule has 282 valence electrons. The number of ether oxygens (including phenoxy) is 2. The Morgan fingerprint density at radius 3 is 1.56 bits per heavy atom. The molecule has 0 heterocycles. The Hall–Kier alpha value is -1.51. The highest BCUT2D eigenvalue weighted by atomic mass is 31.2. The van der Waals surface area contributed by atoms with Crippen molar-refractivity contribution in [2.75, 3.05) is 26.4 Å². The Bertz CT molecular complexity index is 851. The highest BCUT2D eigenvalue weighted by Crippen LogP contribution is 2.43. The number of hydrogen-bond donors (Lipinski definition) is 2. The zero-order chi connectivity index (χ0) is 35.4. The number of hydrogen-bond acceptors (Lipinski definition) is 8. The maximum absolute atomic E-state index is 12.5. The third-order valence-corrected chi connectivity index (χ3v) is 9.04. The van der Waals surface area contributed by atoms with Crippen LogP contribution in [0.15, 0.2) is 24.3 Å². The molecule has 0 fully saturated rings. The highest BCUT2D eigenvalue weighted by molar-refractivity contribution is 7.47. The average molecular weight is 702 g/mol. The van der Waals surface area contributed by atoms with Gasteiger partial charge in [-0.3, -0.25) is 18.6 Å². The molecule has 0 amide bonds. The number of phosphoric ester groups is 1. The molecule has 0 aliphatic carbocycles. The lowest BCUT2D eigenvalue weighted by atomic mass is 10.1. The summed E-state index contributed by atoms with van der Waals surface area (Å²) in [5.41, 5.74) is 5.33. The second-order valence-corrected chi connectivity index (χ2v) is 14.2. The zero-order valence-corrected chi connectivity index (χ0v) is 31.6. The Morgan fingerprint density at radius 2 is 1.02 bits per heavy atom. The van der Waals surface area contributed by atoms with Gasteiger partial charge in [0.15, 0.2) is 6.10 Å². The van der Waals surface area contributed by atoms with E-state index in [1.54, 1.807) is 0 Å². The zero-order valence-electron chi connectivity index (χ0n) is 30.7. The van der Waals surface area contributed by atoms with Crippen molar-refractivity contribution in [1.29, 1.82) is 0 Å². The molecule has 0 aliphatic heterocycles. The van der Waals surface area contributed by atoms with Gasteiger partial charge in [-0.2, -0.15) is 0 Å². The maximum Gasteiger partial charge on any atom is 0.472 e. The largest absolute Gasteiger partial charge is 0.472 e. The molecule has 0 rings (SSSR count). The summed E-state index contributed by atoms with van der Waals surface area (Å²) in [4.78, 5) is 34.7. The van der Waals surface area contributed by atoms with Gasteiger partial charge in [-0.25, -0.2) is 4.57 Å². The van der Waals surface area contributed by atoms with Gasteiger partial charge in [0.05, 0.1) is 13.2 Å². The number of carbonyl (C=O) groups excluding carboxylic acids is 2. The van der Waals surface area contributed by atoms with Crippen LogP contribution in [-0.4, -0.2) is 49.3 Å². The SMILES string of the molecule is CCCCC/C=C/CCCCCCCC(=O)OC[C@H](COP(=O)(O)OCCN)OC(=O)CCCC/C=C/CCCCCCCCCCC. The minimum absolute atomic E-state index is 0.0502. The van der Waals surface area contributed by atoms with Crippen molar-refractivity contribution in [3.8, 4) is 0 Å². The minimum Gasteiger partial charge on any atom is -0.462 e. The number of unbranched alkanes of at least 4 members (excludes halogenated alkanes) is 19. The van der Waals surface area contributed by atoms with E-state index in [0.29, 0.717) is 6.42 Å². The number of allylic oxidation sites excluding steroid dienone is 4. The van der Waals surface area contributed by atoms with Gasteiger partial charge < -0.3 is 20.1 Å². The van der Waals surface area contributed by atoms with Crippen molar-refractivity contribution in [2.45, 2.75) is 180 Å². The van der Waals surface area contributed by atoms with Crippen LogP contribution in [0, 0.1) is 0 Å².